The van der Waals surface area contributed by atoms with Gasteiger partial charge in [0.05, 0.1) is 6.10 Å². The molecule has 1 saturated heterocycles. The molecule has 1 amide bonds. The average Bonchev–Trinajstić information content (AvgIpc) is 3.13. The van der Waals surface area contributed by atoms with E-state index in [1.807, 2.05) is 18.2 Å². The van der Waals surface area contributed by atoms with Crippen molar-refractivity contribution in [3.05, 3.63) is 65.7 Å². The third-order valence-corrected chi connectivity index (χ3v) is 4.66. The Morgan fingerprint density at radius 3 is 2.32 bits per heavy atom. The first-order chi connectivity index (χ1) is 12.2. The molecule has 0 saturated carbocycles. The van der Waals surface area contributed by atoms with E-state index in [1.165, 1.54) is 11.1 Å². The van der Waals surface area contributed by atoms with Gasteiger partial charge in [0.15, 0.2) is 0 Å². The zero-order valence-electron chi connectivity index (χ0n) is 14.5. The van der Waals surface area contributed by atoms with Crippen molar-refractivity contribution in [3.8, 4) is 0 Å². The Kier molecular flexibility index (Phi) is 6.20. The van der Waals surface area contributed by atoms with E-state index >= 15 is 0 Å². The molecule has 4 heteroatoms. The topological polar surface area (TPSA) is 64.4 Å². The summed E-state index contributed by atoms with van der Waals surface area (Å²) in [6.45, 7) is 0.474. The lowest BCUT2D eigenvalue weighted by Gasteiger charge is -2.13. The van der Waals surface area contributed by atoms with Crippen LogP contribution in [0.2, 0.25) is 0 Å². The number of benzene rings is 2. The molecular weight excluding hydrogens is 312 g/mol. The molecule has 0 aliphatic carbocycles. The van der Waals surface area contributed by atoms with Gasteiger partial charge in [-0.1, -0.05) is 42.5 Å². The molecule has 0 aromatic heterocycles. The van der Waals surface area contributed by atoms with Crippen LogP contribution in [0.5, 0.6) is 0 Å². The Morgan fingerprint density at radius 2 is 1.68 bits per heavy atom. The summed E-state index contributed by atoms with van der Waals surface area (Å²) in [4.78, 5) is 12.2. The quantitative estimate of drug-likeness (QED) is 0.814. The molecule has 3 N–H and O–H groups in total. The number of carbonyl (C=O) groups is 1. The predicted octanol–water partition coefficient (Wildman–Crippen LogP) is 3.31. The van der Waals surface area contributed by atoms with Crippen LogP contribution in [0.4, 0.5) is 5.69 Å². The van der Waals surface area contributed by atoms with Crippen molar-refractivity contribution in [2.24, 2.45) is 5.73 Å². The fourth-order valence-electron chi connectivity index (χ4n) is 3.19. The van der Waals surface area contributed by atoms with Gasteiger partial charge in [0.1, 0.15) is 6.10 Å². The Bertz CT molecular complexity index is 670. The predicted molar refractivity (Wildman–Crippen MR) is 100 cm³/mol. The van der Waals surface area contributed by atoms with E-state index in [9.17, 15) is 4.79 Å². The van der Waals surface area contributed by atoms with Gasteiger partial charge in [-0.05, 0) is 55.4 Å². The highest BCUT2D eigenvalue weighted by atomic mass is 16.5. The molecular formula is C21H26N2O2. The van der Waals surface area contributed by atoms with Crippen LogP contribution in [0.1, 0.15) is 30.4 Å². The summed E-state index contributed by atoms with van der Waals surface area (Å²) >= 11 is 0. The minimum Gasteiger partial charge on any atom is -0.364 e. The van der Waals surface area contributed by atoms with Gasteiger partial charge in [-0.15, -0.1) is 0 Å². The fraction of sp³-hybridized carbons (Fsp3) is 0.381. The molecule has 2 atom stereocenters. The van der Waals surface area contributed by atoms with E-state index < -0.39 is 0 Å². The van der Waals surface area contributed by atoms with Gasteiger partial charge in [-0.25, -0.2) is 0 Å². The summed E-state index contributed by atoms with van der Waals surface area (Å²) < 4.78 is 5.63. The van der Waals surface area contributed by atoms with E-state index in [4.69, 9.17) is 10.5 Å². The Balaban J connectivity index is 1.45. The van der Waals surface area contributed by atoms with Gasteiger partial charge in [-0.2, -0.15) is 0 Å². The second kappa shape index (κ2) is 8.79. The summed E-state index contributed by atoms with van der Waals surface area (Å²) in [5.41, 5.74) is 9.06. The zero-order chi connectivity index (χ0) is 17.5. The lowest BCUT2D eigenvalue weighted by molar-refractivity contribution is -0.126. The molecule has 132 valence electrons. The third kappa shape index (κ3) is 5.15. The van der Waals surface area contributed by atoms with Gasteiger partial charge in [0, 0.05) is 12.2 Å². The van der Waals surface area contributed by atoms with Gasteiger partial charge >= 0.3 is 0 Å². The zero-order valence-corrected chi connectivity index (χ0v) is 14.5. The van der Waals surface area contributed by atoms with E-state index in [0.29, 0.717) is 6.54 Å². The van der Waals surface area contributed by atoms with Crippen molar-refractivity contribution in [1.82, 2.24) is 0 Å². The summed E-state index contributed by atoms with van der Waals surface area (Å²) in [6.07, 6.45) is 4.47. The highest BCUT2D eigenvalue weighted by Crippen LogP contribution is 2.21. The first kappa shape index (κ1) is 17.6. The maximum atomic E-state index is 12.2. The number of nitrogens with two attached hydrogens (primary N) is 1. The number of nitrogens with one attached hydrogen (secondary N) is 1. The van der Waals surface area contributed by atoms with Crippen molar-refractivity contribution in [2.45, 2.75) is 44.3 Å². The van der Waals surface area contributed by atoms with Crippen molar-refractivity contribution < 1.29 is 9.53 Å². The highest BCUT2D eigenvalue weighted by molar-refractivity contribution is 5.94. The maximum absolute atomic E-state index is 12.2. The van der Waals surface area contributed by atoms with Crippen LogP contribution in [-0.4, -0.2) is 24.7 Å². The monoisotopic (exact) mass is 338 g/mol. The molecule has 4 nitrogen and oxygen atoms in total. The number of hydrogen-bond donors (Lipinski definition) is 2. The molecule has 1 aliphatic rings. The number of ether oxygens (including phenoxy) is 1. The first-order valence-corrected chi connectivity index (χ1v) is 9.04. The molecule has 0 bridgehead atoms. The minimum atomic E-state index is -0.376. The molecule has 0 radical (unpaired) electrons. The maximum Gasteiger partial charge on any atom is 0.253 e. The Morgan fingerprint density at radius 1 is 1.00 bits per heavy atom. The van der Waals surface area contributed by atoms with E-state index in [0.717, 1.165) is 37.8 Å². The standard InChI is InChI=1S/C21H26N2O2/c22-15-19-13-14-20(25-19)21(24)23-18-11-9-17(10-12-18)8-4-7-16-5-2-1-3-6-16/h1-3,5-6,9-12,19-20H,4,7-8,13-15,22H2,(H,23,24)/t19-,20+/m1/s1. The molecule has 1 heterocycles. The number of aryl methyl sites for hydroxylation is 2. The lowest BCUT2D eigenvalue weighted by Crippen LogP contribution is -2.29. The van der Waals surface area contributed by atoms with Crippen LogP contribution in [0.15, 0.2) is 54.6 Å². The van der Waals surface area contributed by atoms with Crippen molar-refractivity contribution in [1.29, 1.82) is 0 Å². The molecule has 2 aromatic carbocycles. The molecule has 2 aromatic rings. The fourth-order valence-corrected chi connectivity index (χ4v) is 3.19. The summed E-state index contributed by atoms with van der Waals surface area (Å²) in [5, 5.41) is 2.93. The van der Waals surface area contributed by atoms with Crippen molar-refractivity contribution >= 4 is 11.6 Å². The van der Waals surface area contributed by atoms with Crippen LogP contribution in [0.3, 0.4) is 0 Å². The Hall–Kier alpha value is -2.17. The van der Waals surface area contributed by atoms with E-state index in [2.05, 4.69) is 41.7 Å². The molecule has 1 aliphatic heterocycles. The highest BCUT2D eigenvalue weighted by Gasteiger charge is 2.29. The van der Waals surface area contributed by atoms with Crippen molar-refractivity contribution in [3.63, 3.8) is 0 Å². The van der Waals surface area contributed by atoms with Gasteiger partial charge in [0.25, 0.3) is 5.91 Å². The average molecular weight is 338 g/mol. The van der Waals surface area contributed by atoms with Crippen LogP contribution in [0.25, 0.3) is 0 Å². The lowest BCUT2D eigenvalue weighted by atomic mass is 10.0. The van der Waals surface area contributed by atoms with Crippen LogP contribution in [0, 0.1) is 0 Å². The van der Waals surface area contributed by atoms with E-state index in [-0.39, 0.29) is 18.1 Å². The number of anilines is 1. The minimum absolute atomic E-state index is 0.0164. The van der Waals surface area contributed by atoms with Gasteiger partial charge < -0.3 is 15.8 Å². The normalized spacial score (nSPS) is 19.7. The third-order valence-electron chi connectivity index (χ3n) is 4.66. The van der Waals surface area contributed by atoms with Crippen LogP contribution >= 0.6 is 0 Å². The molecule has 0 unspecified atom stereocenters. The SMILES string of the molecule is NC[C@H]1CC[C@@H](C(=O)Nc2ccc(CCCc3ccccc3)cc2)O1. The number of carbonyl (C=O) groups excluding carboxylic acids is 1. The second-order valence-electron chi connectivity index (χ2n) is 6.59. The Labute approximate surface area is 149 Å². The molecule has 0 spiro atoms. The molecule has 25 heavy (non-hydrogen) atoms. The van der Waals surface area contributed by atoms with E-state index in [1.54, 1.807) is 0 Å². The number of hydrogen-bond acceptors (Lipinski definition) is 3. The van der Waals surface area contributed by atoms with Gasteiger partial charge in [0.2, 0.25) is 0 Å². The number of rotatable bonds is 7. The van der Waals surface area contributed by atoms with Crippen molar-refractivity contribution in [2.75, 3.05) is 11.9 Å². The first-order valence-electron chi connectivity index (χ1n) is 9.04. The van der Waals surface area contributed by atoms with Crippen LogP contribution in [-0.2, 0) is 22.4 Å². The van der Waals surface area contributed by atoms with Gasteiger partial charge in [-0.3, -0.25) is 4.79 Å². The van der Waals surface area contributed by atoms with Crippen LogP contribution < -0.4 is 11.1 Å². The summed E-state index contributed by atoms with van der Waals surface area (Å²) in [6, 6.07) is 18.6. The molecule has 3 rings (SSSR count). The summed E-state index contributed by atoms with van der Waals surface area (Å²) in [7, 11) is 0. The smallest absolute Gasteiger partial charge is 0.253 e. The molecule has 1 fully saturated rings. The largest absolute Gasteiger partial charge is 0.364 e. The second-order valence-corrected chi connectivity index (χ2v) is 6.59. The number of amides is 1. The summed E-state index contributed by atoms with van der Waals surface area (Å²) in [5.74, 6) is -0.0761.